The summed E-state index contributed by atoms with van der Waals surface area (Å²) in [5.41, 5.74) is 2.31. The Kier molecular flexibility index (Phi) is 6.01. The van der Waals surface area contributed by atoms with Crippen molar-refractivity contribution >= 4 is 22.9 Å². The lowest BCUT2D eigenvalue weighted by Crippen LogP contribution is -2.52. The van der Waals surface area contributed by atoms with Crippen LogP contribution in [-0.2, 0) is 6.42 Å². The molecule has 0 radical (unpaired) electrons. The van der Waals surface area contributed by atoms with Crippen molar-refractivity contribution in [2.45, 2.75) is 33.6 Å². The lowest BCUT2D eigenvalue weighted by molar-refractivity contribution is 0.195. The second-order valence-electron chi connectivity index (χ2n) is 7.70. The summed E-state index contributed by atoms with van der Waals surface area (Å²) in [5.74, 6) is 1.33. The molecule has 3 aromatic rings. The van der Waals surface area contributed by atoms with Gasteiger partial charge in [0.1, 0.15) is 17.5 Å². The van der Waals surface area contributed by atoms with Crippen LogP contribution in [0.3, 0.4) is 0 Å². The zero-order valence-electron chi connectivity index (χ0n) is 18.2. The van der Waals surface area contributed by atoms with Crippen molar-refractivity contribution in [2.75, 3.05) is 37.6 Å². The number of fused-ring (bicyclic) bond motifs is 1. The lowest BCUT2D eigenvalue weighted by atomic mass is 10.2. The zero-order chi connectivity index (χ0) is 22.0. The normalized spacial score (nSPS) is 14.3. The van der Waals surface area contributed by atoms with Crippen molar-refractivity contribution in [3.8, 4) is 5.69 Å². The number of benzene rings is 1. The first-order valence-corrected chi connectivity index (χ1v) is 10.8. The molecule has 1 aromatic carbocycles. The van der Waals surface area contributed by atoms with E-state index in [4.69, 9.17) is 15.1 Å². The molecule has 31 heavy (non-hydrogen) atoms. The van der Waals surface area contributed by atoms with Crippen molar-refractivity contribution in [3.05, 3.63) is 41.6 Å². The maximum Gasteiger partial charge on any atom is 0.317 e. The van der Waals surface area contributed by atoms with Gasteiger partial charge in [0.25, 0.3) is 0 Å². The van der Waals surface area contributed by atoms with Gasteiger partial charge in [-0.3, -0.25) is 0 Å². The largest absolute Gasteiger partial charge is 0.352 e. The fourth-order valence-electron chi connectivity index (χ4n) is 3.92. The molecule has 0 saturated carbocycles. The Morgan fingerprint density at radius 1 is 1.10 bits per heavy atom. The third-order valence-corrected chi connectivity index (χ3v) is 5.47. The van der Waals surface area contributed by atoms with Gasteiger partial charge in [0.2, 0.25) is 0 Å². The molecule has 1 aliphatic rings. The first-order valence-electron chi connectivity index (χ1n) is 10.8. The highest BCUT2D eigenvalue weighted by Gasteiger charge is 2.26. The Morgan fingerprint density at radius 3 is 2.45 bits per heavy atom. The van der Waals surface area contributed by atoms with Crippen LogP contribution in [0.4, 0.5) is 15.0 Å². The van der Waals surface area contributed by atoms with E-state index in [0.717, 1.165) is 46.9 Å². The molecule has 0 atom stereocenters. The lowest BCUT2D eigenvalue weighted by Gasteiger charge is -2.35. The molecule has 2 aromatic heterocycles. The van der Waals surface area contributed by atoms with Crippen LogP contribution in [0.2, 0.25) is 0 Å². The second-order valence-corrected chi connectivity index (χ2v) is 7.70. The van der Waals surface area contributed by atoms with Crippen LogP contribution in [0.15, 0.2) is 24.3 Å². The van der Waals surface area contributed by atoms with E-state index in [1.165, 1.54) is 12.1 Å². The number of anilines is 1. The number of urea groups is 1. The highest BCUT2D eigenvalue weighted by atomic mass is 19.1. The Morgan fingerprint density at radius 2 is 1.81 bits per heavy atom. The number of nitrogens with one attached hydrogen (secondary N) is 1. The van der Waals surface area contributed by atoms with Gasteiger partial charge in [-0.1, -0.05) is 6.92 Å². The first-order chi connectivity index (χ1) is 15.0. The van der Waals surface area contributed by atoms with Gasteiger partial charge >= 0.3 is 6.03 Å². The predicted octanol–water partition coefficient (Wildman–Crippen LogP) is 3.07. The van der Waals surface area contributed by atoms with Gasteiger partial charge in [0.05, 0.1) is 16.8 Å². The number of amides is 2. The fraction of sp³-hybridized carbons (Fsp3) is 0.455. The number of aromatic nitrogens is 4. The summed E-state index contributed by atoms with van der Waals surface area (Å²) in [4.78, 5) is 25.9. The van der Waals surface area contributed by atoms with Gasteiger partial charge in [-0.05, 0) is 44.5 Å². The van der Waals surface area contributed by atoms with E-state index in [1.807, 2.05) is 18.7 Å². The smallest absolute Gasteiger partial charge is 0.317 e. The number of hydrogen-bond acceptors (Lipinski definition) is 5. The molecule has 164 valence electrons. The van der Waals surface area contributed by atoms with Crippen LogP contribution < -0.4 is 10.2 Å². The number of hydrogen-bond donors (Lipinski definition) is 1. The van der Waals surface area contributed by atoms with Gasteiger partial charge in [-0.2, -0.15) is 5.10 Å². The van der Waals surface area contributed by atoms with Crippen LogP contribution in [0, 0.1) is 12.7 Å². The highest BCUT2D eigenvalue weighted by molar-refractivity contribution is 5.91. The molecule has 2 amide bonds. The Hall–Kier alpha value is -3.23. The quantitative estimate of drug-likeness (QED) is 0.680. The van der Waals surface area contributed by atoms with Gasteiger partial charge in [0.15, 0.2) is 5.65 Å². The average molecular weight is 426 g/mol. The molecule has 4 rings (SSSR count). The number of aryl methyl sites for hydroxylation is 2. The van der Waals surface area contributed by atoms with E-state index in [2.05, 4.69) is 17.1 Å². The molecule has 0 spiro atoms. The predicted molar refractivity (Wildman–Crippen MR) is 118 cm³/mol. The van der Waals surface area contributed by atoms with Crippen molar-refractivity contribution in [1.29, 1.82) is 0 Å². The third kappa shape index (κ3) is 4.17. The minimum Gasteiger partial charge on any atom is -0.352 e. The fourth-order valence-corrected chi connectivity index (χ4v) is 3.92. The van der Waals surface area contributed by atoms with E-state index >= 15 is 0 Å². The molecule has 0 bridgehead atoms. The van der Waals surface area contributed by atoms with Crippen molar-refractivity contribution in [1.82, 2.24) is 30.0 Å². The monoisotopic (exact) mass is 425 g/mol. The minimum atomic E-state index is -0.288. The molecule has 0 aliphatic carbocycles. The summed E-state index contributed by atoms with van der Waals surface area (Å²) in [7, 11) is 0. The Balaban J connectivity index is 1.73. The third-order valence-electron chi connectivity index (χ3n) is 5.47. The molecule has 0 unspecified atom stereocenters. The second kappa shape index (κ2) is 8.87. The van der Waals surface area contributed by atoms with Crippen molar-refractivity contribution in [2.24, 2.45) is 0 Å². The average Bonchev–Trinajstić information content (AvgIpc) is 3.11. The number of carbonyl (C=O) groups is 1. The summed E-state index contributed by atoms with van der Waals surface area (Å²) in [5, 5.41) is 8.47. The number of nitrogens with zero attached hydrogens (tertiary/aromatic N) is 6. The van der Waals surface area contributed by atoms with E-state index in [0.29, 0.717) is 32.7 Å². The van der Waals surface area contributed by atoms with Crippen LogP contribution in [-0.4, -0.2) is 63.4 Å². The van der Waals surface area contributed by atoms with Crippen LogP contribution in [0.1, 0.15) is 31.8 Å². The van der Waals surface area contributed by atoms with Gasteiger partial charge in [-0.15, -0.1) is 0 Å². The van der Waals surface area contributed by atoms with Gasteiger partial charge in [-0.25, -0.2) is 23.8 Å². The molecule has 1 N–H and O–H groups in total. The minimum absolute atomic E-state index is 0.0260. The molecular formula is C22H28FN7O. The first kappa shape index (κ1) is 21.0. The molecular weight excluding hydrogens is 397 g/mol. The van der Waals surface area contributed by atoms with Gasteiger partial charge in [0, 0.05) is 39.1 Å². The Bertz CT molecular complexity index is 1070. The van der Waals surface area contributed by atoms with Crippen molar-refractivity contribution < 1.29 is 9.18 Å². The summed E-state index contributed by atoms with van der Waals surface area (Å²) in [6.45, 7) is 9.22. The molecule has 1 fully saturated rings. The standard InChI is InChI=1S/C22H28FN7O/c1-4-6-18-25-20(28-11-13-29(14-12-28)22(31)24-5-2)19-15(3)27-30(21(19)26-18)17-9-7-16(23)8-10-17/h7-10H,4-6,11-14H2,1-3H3,(H,24,31). The SMILES string of the molecule is CCCc1nc(N2CCN(C(=O)NCC)CC2)c2c(C)nn(-c3ccc(F)cc3)c2n1. The maximum atomic E-state index is 13.4. The molecule has 9 heteroatoms. The highest BCUT2D eigenvalue weighted by Crippen LogP contribution is 2.30. The van der Waals surface area contributed by atoms with E-state index < -0.39 is 0 Å². The molecule has 1 saturated heterocycles. The summed E-state index contributed by atoms with van der Waals surface area (Å²) < 4.78 is 15.2. The number of rotatable bonds is 5. The number of halogens is 1. The van der Waals surface area contributed by atoms with Crippen molar-refractivity contribution in [3.63, 3.8) is 0 Å². The Labute approximate surface area is 181 Å². The number of piperazine rings is 1. The van der Waals surface area contributed by atoms with Crippen LogP contribution in [0.25, 0.3) is 16.7 Å². The maximum absolute atomic E-state index is 13.4. The summed E-state index contributed by atoms with van der Waals surface area (Å²) in [6, 6.07) is 6.23. The zero-order valence-corrected chi connectivity index (χ0v) is 18.2. The van der Waals surface area contributed by atoms with Gasteiger partial charge < -0.3 is 15.1 Å². The van der Waals surface area contributed by atoms with E-state index in [-0.39, 0.29) is 11.8 Å². The molecule has 1 aliphatic heterocycles. The van der Waals surface area contributed by atoms with E-state index in [1.54, 1.807) is 16.8 Å². The molecule has 3 heterocycles. The summed E-state index contributed by atoms with van der Waals surface area (Å²) >= 11 is 0. The van der Waals surface area contributed by atoms with Crippen LogP contribution in [0.5, 0.6) is 0 Å². The molecule has 8 nitrogen and oxygen atoms in total. The van der Waals surface area contributed by atoms with E-state index in [9.17, 15) is 9.18 Å². The number of carbonyl (C=O) groups excluding carboxylic acids is 1. The summed E-state index contributed by atoms with van der Waals surface area (Å²) in [6.07, 6.45) is 1.69. The topological polar surface area (TPSA) is 79.2 Å². The van der Waals surface area contributed by atoms with Crippen LogP contribution >= 0.6 is 0 Å².